The molecule has 10 atom stereocenters. The van der Waals surface area contributed by atoms with Crippen molar-refractivity contribution in [2.45, 2.75) is 75.6 Å². The van der Waals surface area contributed by atoms with E-state index in [4.69, 9.17) is 24.6 Å². The van der Waals surface area contributed by atoms with Crippen LogP contribution in [0.1, 0.15) is 32.9 Å². The highest BCUT2D eigenvalue weighted by molar-refractivity contribution is 8.13. The van der Waals surface area contributed by atoms with Crippen molar-refractivity contribution in [3.63, 3.8) is 0 Å². The van der Waals surface area contributed by atoms with E-state index in [0.29, 0.717) is 11.8 Å². The van der Waals surface area contributed by atoms with Crippen LogP contribution in [-0.2, 0) is 50.7 Å². The van der Waals surface area contributed by atoms with Crippen molar-refractivity contribution in [3.8, 4) is 0 Å². The monoisotopic (exact) mass is 929 g/mol. The highest BCUT2D eigenvalue weighted by Gasteiger charge is 2.50. The van der Waals surface area contributed by atoms with Crippen LogP contribution < -0.4 is 16.4 Å². The first-order chi connectivity index (χ1) is 27.3. The molecule has 0 radical (unpaired) electrons. The van der Waals surface area contributed by atoms with E-state index in [2.05, 4.69) is 34.4 Å². The minimum atomic E-state index is -5.61. The second-order valence-corrected chi connectivity index (χ2v) is 18.6. The zero-order chi connectivity index (χ0) is 44.5. The summed E-state index contributed by atoms with van der Waals surface area (Å²) in [5, 5.41) is 62.9. The van der Waals surface area contributed by atoms with Gasteiger partial charge < -0.3 is 71.3 Å². The average molecular weight is 930 g/mol. The van der Waals surface area contributed by atoms with Crippen molar-refractivity contribution in [2.24, 2.45) is 5.41 Å². The molecule has 1 fully saturated rings. The minimum Gasteiger partial charge on any atom is -0.394 e. The van der Waals surface area contributed by atoms with Gasteiger partial charge in [0.2, 0.25) is 16.9 Å². The highest BCUT2D eigenvalue weighted by Crippen LogP contribution is 2.61. The second-order valence-electron chi connectivity index (χ2n) is 13.3. The van der Waals surface area contributed by atoms with Gasteiger partial charge in [-0.1, -0.05) is 25.6 Å². The maximum atomic E-state index is 12.7. The molecule has 2 aromatic rings. The molecule has 32 heteroatoms. The van der Waals surface area contributed by atoms with Gasteiger partial charge in [0.15, 0.2) is 17.7 Å². The third-order valence-electron chi connectivity index (χ3n) is 8.11. The smallest absolute Gasteiger partial charge is 0.394 e. The predicted molar refractivity (Wildman–Crippen MR) is 197 cm³/mol. The van der Waals surface area contributed by atoms with Crippen LogP contribution in [0, 0.1) is 5.41 Å². The number of phosphoric acid groups is 3. The molecule has 3 rings (SSSR count). The molecule has 0 aromatic carbocycles. The molecule has 59 heavy (non-hydrogen) atoms. The Bertz CT molecular complexity index is 1910. The Hall–Kier alpha value is -2.60. The van der Waals surface area contributed by atoms with E-state index in [-0.39, 0.29) is 42.2 Å². The molecule has 28 nitrogen and oxygen atoms in total. The number of aromatic nitrogens is 4. The van der Waals surface area contributed by atoms with Gasteiger partial charge in [0.05, 0.1) is 32.3 Å². The van der Waals surface area contributed by atoms with E-state index < -0.39 is 121 Å². The van der Waals surface area contributed by atoms with Gasteiger partial charge in [-0.05, 0) is 0 Å². The van der Waals surface area contributed by atoms with Crippen LogP contribution in [0.2, 0.25) is 0 Å². The predicted octanol–water partition coefficient (Wildman–Crippen LogP) is -3.87. The first-order valence-corrected chi connectivity index (χ1v) is 22.5. The van der Waals surface area contributed by atoms with E-state index in [1.54, 1.807) is 0 Å². The van der Waals surface area contributed by atoms with E-state index in [1.807, 2.05) is 0 Å². The third-order valence-corrected chi connectivity index (χ3v) is 12.2. The summed E-state index contributed by atoms with van der Waals surface area (Å²) in [5.74, 6) is -1.68. The van der Waals surface area contributed by atoms with Crippen LogP contribution in [0.5, 0.6) is 0 Å². The van der Waals surface area contributed by atoms with Crippen molar-refractivity contribution in [1.82, 2.24) is 30.2 Å². The number of nitrogens with zero attached hydrogens (tertiary/aromatic N) is 4. The van der Waals surface area contributed by atoms with Crippen LogP contribution in [0.3, 0.4) is 0 Å². The molecular weight excluding hydrogens is 883 g/mol. The molecule has 0 saturated carbocycles. The van der Waals surface area contributed by atoms with Gasteiger partial charge >= 0.3 is 23.5 Å². The molecule has 336 valence electrons. The van der Waals surface area contributed by atoms with Crippen LogP contribution in [0.15, 0.2) is 12.7 Å². The SMILES string of the molecule is CC(C)(COP(=O)(O)OP(=O)(O)OCC1OC(n2cnc3c(N)ncnc32)C(O)C1OP(=O)(O)O)C(O)C(=O)NCCC(=O)NCCSC(=O)C(O)CC(O)C(O)CO. The molecule has 0 aliphatic carbocycles. The lowest BCUT2D eigenvalue weighted by atomic mass is 9.87. The van der Waals surface area contributed by atoms with Crippen molar-refractivity contribution >= 4 is 69.1 Å². The van der Waals surface area contributed by atoms with Crippen LogP contribution >= 0.6 is 35.2 Å². The number of carbonyl (C=O) groups is 3. The van der Waals surface area contributed by atoms with Gasteiger partial charge in [0.25, 0.3) is 0 Å². The number of hydrogen-bond acceptors (Lipinski definition) is 22. The number of hydrogen-bond donors (Lipinski definition) is 13. The number of fused-ring (bicyclic) bond motifs is 1. The van der Waals surface area contributed by atoms with Crippen LogP contribution in [0.4, 0.5) is 5.82 Å². The number of anilines is 1. The average Bonchev–Trinajstić information content (AvgIpc) is 3.70. The van der Waals surface area contributed by atoms with Crippen molar-refractivity contribution in [2.75, 3.05) is 44.4 Å². The number of rotatable bonds is 24. The summed E-state index contributed by atoms with van der Waals surface area (Å²) in [5.41, 5.74) is 4.15. The minimum absolute atomic E-state index is 0.0115. The molecule has 1 saturated heterocycles. The quantitative estimate of drug-likeness (QED) is 0.0354. The molecule has 0 bridgehead atoms. The largest absolute Gasteiger partial charge is 0.481 e. The maximum absolute atomic E-state index is 12.7. The van der Waals surface area contributed by atoms with E-state index in [0.717, 1.165) is 17.2 Å². The highest BCUT2D eigenvalue weighted by atomic mass is 32.2. The lowest BCUT2D eigenvalue weighted by molar-refractivity contribution is -0.137. The van der Waals surface area contributed by atoms with E-state index >= 15 is 0 Å². The Labute approximate surface area is 337 Å². The van der Waals surface area contributed by atoms with Crippen LogP contribution in [-0.4, -0.2) is 168 Å². The summed E-state index contributed by atoms with van der Waals surface area (Å²) in [4.78, 5) is 87.5. The molecule has 14 N–H and O–H groups in total. The lowest BCUT2D eigenvalue weighted by Gasteiger charge is -2.30. The van der Waals surface area contributed by atoms with E-state index in [9.17, 15) is 73.2 Å². The summed E-state index contributed by atoms with van der Waals surface area (Å²) < 4.78 is 62.0. The zero-order valence-corrected chi connectivity index (χ0v) is 34.5. The number of carbonyl (C=O) groups excluding carboxylic acids is 3. The number of aliphatic hydroxyl groups excluding tert-OH is 6. The van der Waals surface area contributed by atoms with E-state index in [1.165, 1.54) is 13.8 Å². The fourth-order valence-corrected chi connectivity index (χ4v) is 8.50. The second kappa shape index (κ2) is 21.5. The van der Waals surface area contributed by atoms with Crippen molar-refractivity contribution in [3.05, 3.63) is 12.7 Å². The fraction of sp³-hybridized carbons (Fsp3) is 0.704. The van der Waals surface area contributed by atoms with Gasteiger partial charge in [0, 0.05) is 37.1 Å². The van der Waals surface area contributed by atoms with Gasteiger partial charge in [-0.2, -0.15) is 4.31 Å². The first-order valence-electron chi connectivity index (χ1n) is 17.0. The lowest BCUT2D eigenvalue weighted by Crippen LogP contribution is -2.46. The Morgan fingerprint density at radius 1 is 1.00 bits per heavy atom. The maximum Gasteiger partial charge on any atom is 0.481 e. The summed E-state index contributed by atoms with van der Waals surface area (Å²) >= 11 is 0.634. The Kier molecular flexibility index (Phi) is 18.5. The number of nitrogens with two attached hydrogens (primary N) is 1. The number of thioether (sulfide) groups is 1. The number of nitrogens with one attached hydrogen (secondary N) is 2. The third kappa shape index (κ3) is 15.4. The number of amides is 2. The first kappa shape index (κ1) is 50.8. The zero-order valence-electron chi connectivity index (χ0n) is 31.0. The Morgan fingerprint density at radius 2 is 1.66 bits per heavy atom. The fourth-order valence-electron chi connectivity index (χ4n) is 4.98. The summed E-state index contributed by atoms with van der Waals surface area (Å²) in [7, 11) is -16.5. The molecule has 2 amide bonds. The van der Waals surface area contributed by atoms with Crippen LogP contribution in [0.25, 0.3) is 11.2 Å². The van der Waals surface area contributed by atoms with Gasteiger partial charge in [-0.15, -0.1) is 0 Å². The number of ether oxygens (including phenoxy) is 1. The topological polar surface area (TPSA) is 445 Å². The Balaban J connectivity index is 1.46. The summed E-state index contributed by atoms with van der Waals surface area (Å²) in [6, 6.07) is 0. The number of imidazole rings is 1. The molecule has 10 unspecified atom stereocenters. The van der Waals surface area contributed by atoms with Crippen molar-refractivity contribution in [1.29, 1.82) is 0 Å². The standard InChI is InChI=1S/C27H46N7O21P3S/c1-27(2,21(41)24(42)30-4-3-17(39)29-5-6-59-26(43)14(37)7-13(36)15(38)8-35)10-52-58(49,50)55-57(47,48)51-9-16-20(54-56(44,45)46)19(40)25(53-16)34-12-33-18-22(28)31-11-32-23(18)34/h11-16,19-21,25,35-38,40-41H,3-10H2,1-2H3,(H,29,39)(H,30,42)(H,47,48)(H,49,50)(H2,28,31,32)(H2,44,45,46). The van der Waals surface area contributed by atoms with Crippen molar-refractivity contribution < 1.29 is 101 Å². The summed E-state index contributed by atoms with van der Waals surface area (Å²) in [6.45, 7) is -0.806. The van der Waals surface area contributed by atoms with Gasteiger partial charge in [0.1, 0.15) is 48.5 Å². The molecule has 1 aliphatic heterocycles. The number of aliphatic hydroxyl groups is 6. The van der Waals surface area contributed by atoms with Gasteiger partial charge in [-0.25, -0.2) is 28.6 Å². The van der Waals surface area contributed by atoms with Gasteiger partial charge in [-0.3, -0.25) is 32.5 Å². The normalized spacial score (nSPS) is 22.8. The molecule has 2 aromatic heterocycles. The molecule has 1 aliphatic rings. The molecule has 0 spiro atoms. The molecular formula is C27H46N7O21P3S. The Morgan fingerprint density at radius 3 is 2.31 bits per heavy atom. The number of phosphoric ester groups is 3. The summed E-state index contributed by atoms with van der Waals surface area (Å²) in [6.07, 6.45) is -12.5. The number of nitrogen functional groups attached to an aromatic ring is 1. The molecule has 3 heterocycles.